The van der Waals surface area contributed by atoms with Crippen molar-refractivity contribution in [2.45, 2.75) is 6.61 Å². The highest BCUT2D eigenvalue weighted by Gasteiger charge is 2.01. The maximum Gasteiger partial charge on any atom is 0.223 e. The van der Waals surface area contributed by atoms with Gasteiger partial charge in [-0.05, 0) is 6.07 Å². The van der Waals surface area contributed by atoms with Crippen LogP contribution in [0.15, 0.2) is 36.5 Å². The minimum Gasteiger partial charge on any atom is -0.473 e. The first-order valence-corrected chi connectivity index (χ1v) is 5.08. The summed E-state index contributed by atoms with van der Waals surface area (Å²) in [5.41, 5.74) is 6.33. The van der Waals surface area contributed by atoms with E-state index in [2.05, 4.69) is 9.97 Å². The van der Waals surface area contributed by atoms with Gasteiger partial charge in [0.2, 0.25) is 11.8 Å². The van der Waals surface area contributed by atoms with Gasteiger partial charge >= 0.3 is 0 Å². The molecule has 0 saturated carbocycles. The third-order valence-corrected chi connectivity index (χ3v) is 2.35. The van der Waals surface area contributed by atoms with Gasteiger partial charge in [-0.1, -0.05) is 29.8 Å². The van der Waals surface area contributed by atoms with Crippen LogP contribution in [0.4, 0.5) is 5.95 Å². The van der Waals surface area contributed by atoms with Gasteiger partial charge in [-0.15, -0.1) is 0 Å². The van der Waals surface area contributed by atoms with Crippen LogP contribution in [0, 0.1) is 0 Å². The molecule has 0 unspecified atom stereocenters. The third-order valence-electron chi connectivity index (χ3n) is 1.98. The summed E-state index contributed by atoms with van der Waals surface area (Å²) in [4.78, 5) is 7.69. The Labute approximate surface area is 98.0 Å². The number of anilines is 1. The van der Waals surface area contributed by atoms with Crippen LogP contribution >= 0.6 is 11.6 Å². The number of benzene rings is 1. The molecule has 2 aromatic rings. The van der Waals surface area contributed by atoms with E-state index in [4.69, 9.17) is 22.1 Å². The Morgan fingerprint density at radius 1 is 1.25 bits per heavy atom. The number of nitrogens with zero attached hydrogens (tertiary/aromatic N) is 2. The highest BCUT2D eigenvalue weighted by atomic mass is 35.5. The number of hydrogen-bond donors (Lipinski definition) is 1. The minimum atomic E-state index is 0.191. The van der Waals surface area contributed by atoms with E-state index in [1.807, 2.05) is 24.3 Å². The van der Waals surface area contributed by atoms with E-state index >= 15 is 0 Å². The van der Waals surface area contributed by atoms with Gasteiger partial charge in [0.15, 0.2) is 0 Å². The Kier molecular flexibility index (Phi) is 3.22. The molecule has 2 rings (SSSR count). The van der Waals surface area contributed by atoms with Gasteiger partial charge in [-0.3, -0.25) is 0 Å². The Morgan fingerprint density at radius 2 is 2.06 bits per heavy atom. The fourth-order valence-corrected chi connectivity index (χ4v) is 1.39. The lowest BCUT2D eigenvalue weighted by Gasteiger charge is -2.06. The van der Waals surface area contributed by atoms with Crippen molar-refractivity contribution in [1.29, 1.82) is 0 Å². The SMILES string of the molecule is Nc1nccc(OCc2ccccc2Cl)n1. The molecular weight excluding hydrogens is 226 g/mol. The Balaban J connectivity index is 2.05. The fourth-order valence-electron chi connectivity index (χ4n) is 1.20. The predicted molar refractivity (Wildman–Crippen MR) is 62.2 cm³/mol. The maximum absolute atomic E-state index is 5.98. The molecule has 5 heteroatoms. The lowest BCUT2D eigenvalue weighted by Crippen LogP contribution is -2.00. The molecular formula is C11H10ClN3O. The summed E-state index contributed by atoms with van der Waals surface area (Å²) in [6, 6.07) is 9.13. The molecule has 0 saturated heterocycles. The zero-order valence-corrected chi connectivity index (χ0v) is 9.19. The van der Waals surface area contributed by atoms with Crippen molar-refractivity contribution in [2.75, 3.05) is 5.73 Å². The van der Waals surface area contributed by atoms with Crippen LogP contribution in [0.25, 0.3) is 0 Å². The van der Waals surface area contributed by atoms with Crippen molar-refractivity contribution in [3.63, 3.8) is 0 Å². The Bertz CT molecular complexity index is 490. The first-order valence-electron chi connectivity index (χ1n) is 4.70. The molecule has 0 aliphatic carbocycles. The van der Waals surface area contributed by atoms with Crippen LogP contribution < -0.4 is 10.5 Å². The Morgan fingerprint density at radius 3 is 2.81 bits per heavy atom. The molecule has 0 radical (unpaired) electrons. The second kappa shape index (κ2) is 4.81. The van der Waals surface area contributed by atoms with Crippen molar-refractivity contribution in [3.8, 4) is 5.88 Å². The summed E-state index contributed by atoms with van der Waals surface area (Å²) >= 11 is 5.98. The van der Waals surface area contributed by atoms with Crippen LogP contribution in [0.3, 0.4) is 0 Å². The maximum atomic E-state index is 5.98. The van der Waals surface area contributed by atoms with E-state index in [-0.39, 0.29) is 5.95 Å². The average Bonchev–Trinajstić information content (AvgIpc) is 2.28. The first kappa shape index (κ1) is 10.7. The fraction of sp³-hybridized carbons (Fsp3) is 0.0909. The number of hydrogen-bond acceptors (Lipinski definition) is 4. The van der Waals surface area contributed by atoms with Gasteiger partial charge in [0.25, 0.3) is 0 Å². The molecule has 0 aliphatic rings. The van der Waals surface area contributed by atoms with E-state index in [1.54, 1.807) is 12.3 Å². The quantitative estimate of drug-likeness (QED) is 0.887. The molecule has 16 heavy (non-hydrogen) atoms. The summed E-state index contributed by atoms with van der Waals surface area (Å²) in [5.74, 6) is 0.629. The lowest BCUT2D eigenvalue weighted by atomic mass is 10.2. The normalized spacial score (nSPS) is 10.1. The zero-order chi connectivity index (χ0) is 11.4. The van der Waals surface area contributed by atoms with Crippen molar-refractivity contribution < 1.29 is 4.74 Å². The topological polar surface area (TPSA) is 61.0 Å². The monoisotopic (exact) mass is 235 g/mol. The number of nitrogens with two attached hydrogens (primary N) is 1. The molecule has 0 fully saturated rings. The summed E-state index contributed by atoms with van der Waals surface area (Å²) < 4.78 is 5.44. The van der Waals surface area contributed by atoms with Gasteiger partial charge in [0.05, 0.1) is 0 Å². The first-order chi connectivity index (χ1) is 7.75. The van der Waals surface area contributed by atoms with Crippen molar-refractivity contribution >= 4 is 17.5 Å². The van der Waals surface area contributed by atoms with E-state index in [1.165, 1.54) is 0 Å². The Hall–Kier alpha value is -1.81. The molecule has 1 aromatic heterocycles. The molecule has 2 N–H and O–H groups in total. The van der Waals surface area contributed by atoms with Crippen LogP contribution in [-0.2, 0) is 6.61 Å². The summed E-state index contributed by atoms with van der Waals surface area (Å²) in [5, 5.41) is 0.671. The second-order valence-electron chi connectivity index (χ2n) is 3.13. The largest absolute Gasteiger partial charge is 0.473 e. The van der Waals surface area contributed by atoms with Crippen LogP contribution in [-0.4, -0.2) is 9.97 Å². The molecule has 0 amide bonds. The van der Waals surface area contributed by atoms with Crippen molar-refractivity contribution in [3.05, 3.63) is 47.1 Å². The van der Waals surface area contributed by atoms with Gasteiger partial charge in [-0.2, -0.15) is 4.98 Å². The van der Waals surface area contributed by atoms with E-state index in [0.29, 0.717) is 17.5 Å². The van der Waals surface area contributed by atoms with Gasteiger partial charge in [-0.25, -0.2) is 4.98 Å². The summed E-state index contributed by atoms with van der Waals surface area (Å²) in [6.07, 6.45) is 1.55. The second-order valence-corrected chi connectivity index (χ2v) is 3.54. The molecule has 0 aliphatic heterocycles. The molecule has 1 aromatic carbocycles. The van der Waals surface area contributed by atoms with E-state index in [0.717, 1.165) is 5.56 Å². The predicted octanol–water partition coefficient (Wildman–Crippen LogP) is 2.29. The average molecular weight is 236 g/mol. The molecule has 0 bridgehead atoms. The molecule has 0 atom stereocenters. The molecule has 4 nitrogen and oxygen atoms in total. The van der Waals surface area contributed by atoms with Crippen LogP contribution in [0.1, 0.15) is 5.56 Å². The standard InChI is InChI=1S/C11H10ClN3O/c12-9-4-2-1-3-8(9)7-16-10-5-6-14-11(13)15-10/h1-6H,7H2,(H2,13,14,15). The third kappa shape index (κ3) is 2.61. The molecule has 0 spiro atoms. The highest BCUT2D eigenvalue weighted by Crippen LogP contribution is 2.17. The minimum absolute atomic E-state index is 0.191. The summed E-state index contributed by atoms with van der Waals surface area (Å²) in [6.45, 7) is 0.357. The highest BCUT2D eigenvalue weighted by molar-refractivity contribution is 6.31. The van der Waals surface area contributed by atoms with E-state index in [9.17, 15) is 0 Å². The number of halogens is 1. The van der Waals surface area contributed by atoms with Gasteiger partial charge < -0.3 is 10.5 Å². The smallest absolute Gasteiger partial charge is 0.223 e. The van der Waals surface area contributed by atoms with E-state index < -0.39 is 0 Å². The van der Waals surface area contributed by atoms with Crippen molar-refractivity contribution in [2.24, 2.45) is 0 Å². The van der Waals surface area contributed by atoms with Crippen LogP contribution in [0.2, 0.25) is 5.02 Å². The van der Waals surface area contributed by atoms with Crippen LogP contribution in [0.5, 0.6) is 5.88 Å². The molecule has 1 heterocycles. The molecule has 82 valence electrons. The zero-order valence-electron chi connectivity index (χ0n) is 8.43. The van der Waals surface area contributed by atoms with Gasteiger partial charge in [0, 0.05) is 22.8 Å². The van der Waals surface area contributed by atoms with Gasteiger partial charge in [0.1, 0.15) is 6.61 Å². The number of nitrogen functional groups attached to an aromatic ring is 1. The number of rotatable bonds is 3. The lowest BCUT2D eigenvalue weighted by molar-refractivity contribution is 0.294. The van der Waals surface area contributed by atoms with Crippen molar-refractivity contribution in [1.82, 2.24) is 9.97 Å². The summed E-state index contributed by atoms with van der Waals surface area (Å²) in [7, 11) is 0. The number of aromatic nitrogens is 2. The number of ether oxygens (including phenoxy) is 1.